The number of aliphatic imine (C=N–C) groups is 1. The number of nitrogens with zero attached hydrogens (tertiary/aromatic N) is 4. The van der Waals surface area contributed by atoms with E-state index in [1.165, 1.54) is 18.4 Å². The second-order valence-corrected chi connectivity index (χ2v) is 7.26. The van der Waals surface area contributed by atoms with Crippen molar-refractivity contribution in [2.24, 2.45) is 4.99 Å². The van der Waals surface area contributed by atoms with Crippen LogP contribution < -0.4 is 5.32 Å². The molecular weight excluding hydrogens is 457 g/mol. The monoisotopic (exact) mass is 491 g/mol. The molecule has 154 valence electrons. The van der Waals surface area contributed by atoms with Gasteiger partial charge in [0, 0.05) is 39.5 Å². The van der Waals surface area contributed by atoms with Gasteiger partial charge in [0.05, 0.1) is 31.6 Å². The van der Waals surface area contributed by atoms with E-state index in [0.717, 1.165) is 64.6 Å². The van der Waals surface area contributed by atoms with E-state index >= 15 is 0 Å². The van der Waals surface area contributed by atoms with Crippen molar-refractivity contribution in [1.29, 1.82) is 0 Å². The fraction of sp³-hybridized carbons (Fsp3) is 0.789. The summed E-state index contributed by atoms with van der Waals surface area (Å²) < 4.78 is 13.8. The number of likely N-dealkylation sites (tertiary alicyclic amines) is 1. The molecule has 1 N–H and O–H groups in total. The maximum atomic E-state index is 6.10. The van der Waals surface area contributed by atoms with Gasteiger partial charge in [-0.1, -0.05) is 0 Å². The van der Waals surface area contributed by atoms with E-state index in [9.17, 15) is 0 Å². The molecule has 7 nitrogen and oxygen atoms in total. The molecule has 0 amide bonds. The first kappa shape index (κ1) is 22.4. The summed E-state index contributed by atoms with van der Waals surface area (Å²) in [7, 11) is 1.85. The molecule has 1 unspecified atom stereocenters. The van der Waals surface area contributed by atoms with Crippen molar-refractivity contribution in [2.45, 2.75) is 57.8 Å². The molecule has 0 spiro atoms. The van der Waals surface area contributed by atoms with E-state index in [0.29, 0.717) is 12.2 Å². The number of nitrogens with one attached hydrogen (secondary N) is 1. The second-order valence-electron chi connectivity index (χ2n) is 7.26. The fourth-order valence-electron chi connectivity index (χ4n) is 3.62. The summed E-state index contributed by atoms with van der Waals surface area (Å²) in [5, 5.41) is 7.77. The minimum atomic E-state index is 0. The lowest BCUT2D eigenvalue weighted by molar-refractivity contribution is -0.0721. The van der Waals surface area contributed by atoms with Gasteiger partial charge in [-0.25, -0.2) is 0 Å². The highest BCUT2D eigenvalue weighted by Gasteiger charge is 2.23. The van der Waals surface area contributed by atoms with Crippen molar-refractivity contribution >= 4 is 29.9 Å². The Bertz CT molecular complexity index is 566. The van der Waals surface area contributed by atoms with Crippen molar-refractivity contribution in [2.75, 3.05) is 39.9 Å². The molecule has 2 fully saturated rings. The summed E-state index contributed by atoms with van der Waals surface area (Å²) in [6, 6.07) is 0. The lowest BCUT2D eigenvalue weighted by Gasteiger charge is -2.35. The number of hydrogen-bond donors (Lipinski definition) is 1. The Morgan fingerprint density at radius 3 is 2.78 bits per heavy atom. The smallest absolute Gasteiger partial charge is 0.193 e. The van der Waals surface area contributed by atoms with Gasteiger partial charge in [-0.15, -0.1) is 24.0 Å². The average Bonchev–Trinajstić information content (AvgIpc) is 3.10. The van der Waals surface area contributed by atoms with Gasteiger partial charge in [0.25, 0.3) is 0 Å². The largest absolute Gasteiger partial charge is 0.376 e. The topological polar surface area (TPSA) is 63.9 Å². The molecule has 0 saturated carbocycles. The van der Waals surface area contributed by atoms with Crippen molar-refractivity contribution < 1.29 is 9.47 Å². The predicted molar refractivity (Wildman–Crippen MR) is 118 cm³/mol. The van der Waals surface area contributed by atoms with Crippen LogP contribution in [0.2, 0.25) is 0 Å². The number of guanidine groups is 1. The maximum Gasteiger partial charge on any atom is 0.193 e. The molecule has 27 heavy (non-hydrogen) atoms. The predicted octanol–water partition coefficient (Wildman–Crippen LogP) is 2.44. The number of aromatic nitrogens is 2. The average molecular weight is 491 g/mol. The van der Waals surface area contributed by atoms with Gasteiger partial charge in [0.15, 0.2) is 5.96 Å². The van der Waals surface area contributed by atoms with Crippen LogP contribution in [0.3, 0.4) is 0 Å². The van der Waals surface area contributed by atoms with E-state index in [1.54, 1.807) is 0 Å². The molecule has 8 heteroatoms. The zero-order valence-corrected chi connectivity index (χ0v) is 18.9. The van der Waals surface area contributed by atoms with Gasteiger partial charge in [0.1, 0.15) is 0 Å². The Morgan fingerprint density at radius 1 is 1.33 bits per heavy atom. The molecule has 2 aliphatic heterocycles. The molecule has 1 aromatic heterocycles. The van der Waals surface area contributed by atoms with Gasteiger partial charge in [-0.2, -0.15) is 5.10 Å². The molecule has 0 aliphatic carbocycles. The number of aryl methyl sites for hydroxylation is 1. The third-order valence-corrected chi connectivity index (χ3v) is 5.13. The normalized spacial score (nSPS) is 21.8. The zero-order valence-electron chi connectivity index (χ0n) is 16.6. The Labute approximate surface area is 179 Å². The SMILES string of the molecule is CN=C(NCCn1cc(C)cn1)N1CCC(OCC2CCCCO2)CC1.I. The van der Waals surface area contributed by atoms with Crippen molar-refractivity contribution in [3.63, 3.8) is 0 Å². The molecule has 0 radical (unpaired) electrons. The summed E-state index contributed by atoms with van der Waals surface area (Å²) >= 11 is 0. The highest BCUT2D eigenvalue weighted by atomic mass is 127. The standard InChI is InChI=1S/C19H33N5O2.HI/c1-16-13-22-24(14-16)11-8-21-19(20-2)23-9-6-17(7-10-23)26-15-18-5-3-4-12-25-18;/h13-14,17-18H,3-12,15H2,1-2H3,(H,20,21);1H. The van der Waals surface area contributed by atoms with Crippen LogP contribution in [-0.2, 0) is 16.0 Å². The van der Waals surface area contributed by atoms with Crippen LogP contribution in [0.4, 0.5) is 0 Å². The molecule has 3 rings (SSSR count). The van der Waals surface area contributed by atoms with Crippen LogP contribution in [0.15, 0.2) is 17.4 Å². The van der Waals surface area contributed by atoms with Gasteiger partial charge < -0.3 is 19.7 Å². The first-order valence-electron chi connectivity index (χ1n) is 9.92. The second kappa shape index (κ2) is 11.9. The number of halogens is 1. The number of piperidine rings is 1. The van der Waals surface area contributed by atoms with Crippen molar-refractivity contribution in [3.8, 4) is 0 Å². The summed E-state index contributed by atoms with van der Waals surface area (Å²) in [4.78, 5) is 6.76. The first-order chi connectivity index (χ1) is 12.7. The minimum absolute atomic E-state index is 0. The molecule has 0 bridgehead atoms. The Morgan fingerprint density at radius 2 is 2.15 bits per heavy atom. The van der Waals surface area contributed by atoms with Gasteiger partial charge in [-0.3, -0.25) is 9.67 Å². The van der Waals surface area contributed by atoms with Crippen LogP contribution in [0.5, 0.6) is 0 Å². The van der Waals surface area contributed by atoms with Gasteiger partial charge in [0.2, 0.25) is 0 Å². The number of rotatable bonds is 6. The molecule has 1 aromatic rings. The van der Waals surface area contributed by atoms with E-state index < -0.39 is 0 Å². The van der Waals surface area contributed by atoms with Crippen LogP contribution >= 0.6 is 24.0 Å². The van der Waals surface area contributed by atoms with Crippen molar-refractivity contribution in [1.82, 2.24) is 20.0 Å². The van der Waals surface area contributed by atoms with Gasteiger partial charge >= 0.3 is 0 Å². The summed E-state index contributed by atoms with van der Waals surface area (Å²) in [5.74, 6) is 0.975. The van der Waals surface area contributed by atoms with E-state index in [2.05, 4.69) is 33.4 Å². The van der Waals surface area contributed by atoms with Crippen molar-refractivity contribution in [3.05, 3.63) is 18.0 Å². The molecule has 2 aliphatic rings. The van der Waals surface area contributed by atoms with Gasteiger partial charge in [-0.05, 0) is 44.6 Å². The maximum absolute atomic E-state index is 6.10. The third-order valence-electron chi connectivity index (χ3n) is 5.13. The van der Waals surface area contributed by atoms with E-state index in [1.807, 2.05) is 17.9 Å². The highest BCUT2D eigenvalue weighted by molar-refractivity contribution is 14.0. The fourth-order valence-corrected chi connectivity index (χ4v) is 3.62. The quantitative estimate of drug-likeness (QED) is 0.377. The highest BCUT2D eigenvalue weighted by Crippen LogP contribution is 2.17. The summed E-state index contributed by atoms with van der Waals surface area (Å²) in [6.07, 6.45) is 10.3. The molecule has 2 saturated heterocycles. The number of hydrogen-bond acceptors (Lipinski definition) is 4. The number of ether oxygens (including phenoxy) is 2. The van der Waals surface area contributed by atoms with E-state index in [4.69, 9.17) is 9.47 Å². The van der Waals surface area contributed by atoms with Crippen LogP contribution in [0, 0.1) is 6.92 Å². The van der Waals surface area contributed by atoms with Crippen LogP contribution in [0.1, 0.15) is 37.7 Å². The first-order valence-corrected chi connectivity index (χ1v) is 9.92. The summed E-state index contributed by atoms with van der Waals surface area (Å²) in [5.41, 5.74) is 1.19. The van der Waals surface area contributed by atoms with Crippen LogP contribution in [-0.4, -0.2) is 72.7 Å². The lowest BCUT2D eigenvalue weighted by atomic mass is 10.1. The third kappa shape index (κ3) is 7.23. The van der Waals surface area contributed by atoms with Crippen LogP contribution in [0.25, 0.3) is 0 Å². The lowest BCUT2D eigenvalue weighted by Crippen LogP contribution is -2.47. The minimum Gasteiger partial charge on any atom is -0.376 e. The Kier molecular flexibility index (Phi) is 9.84. The van der Waals surface area contributed by atoms with E-state index in [-0.39, 0.29) is 24.0 Å². The molecule has 3 heterocycles. The Hall–Kier alpha value is -0.870. The Balaban J connectivity index is 0.00000261. The molecule has 0 aromatic carbocycles. The molecular formula is C19H34IN5O2. The zero-order chi connectivity index (χ0) is 18.2. The summed E-state index contributed by atoms with van der Waals surface area (Å²) in [6.45, 7) is 7.33. The molecule has 1 atom stereocenters.